The van der Waals surface area contributed by atoms with Crippen LogP contribution in [0.3, 0.4) is 0 Å². The van der Waals surface area contributed by atoms with Gasteiger partial charge in [-0.2, -0.15) is 0 Å². The number of aryl methyl sites for hydroxylation is 1. The zero-order chi connectivity index (χ0) is 12.6. The molecular formula is C15H23NO2. The van der Waals surface area contributed by atoms with Gasteiger partial charge in [0.2, 0.25) is 0 Å². The van der Waals surface area contributed by atoms with Crippen molar-refractivity contribution < 1.29 is 9.47 Å². The minimum absolute atomic E-state index is 0.678. The Hall–Kier alpha value is -1.06. The molecule has 3 heteroatoms. The van der Waals surface area contributed by atoms with Crippen LogP contribution in [0.1, 0.15) is 18.4 Å². The molecule has 1 saturated heterocycles. The summed E-state index contributed by atoms with van der Waals surface area (Å²) in [7, 11) is 0. The molecule has 1 aromatic carbocycles. The fourth-order valence-corrected chi connectivity index (χ4v) is 2.22. The Morgan fingerprint density at radius 1 is 1.44 bits per heavy atom. The molecule has 1 fully saturated rings. The first kappa shape index (κ1) is 13.4. The Bertz CT molecular complexity index is 348. The highest BCUT2D eigenvalue weighted by Crippen LogP contribution is 2.13. The van der Waals surface area contributed by atoms with Crippen LogP contribution in [0.4, 0.5) is 0 Å². The Labute approximate surface area is 109 Å². The topological polar surface area (TPSA) is 30.5 Å². The summed E-state index contributed by atoms with van der Waals surface area (Å²) in [5.74, 6) is 1.63. The molecule has 2 rings (SSSR count). The number of ether oxygens (including phenoxy) is 2. The van der Waals surface area contributed by atoms with Crippen molar-refractivity contribution >= 4 is 0 Å². The van der Waals surface area contributed by atoms with Gasteiger partial charge < -0.3 is 14.8 Å². The van der Waals surface area contributed by atoms with Gasteiger partial charge in [0.1, 0.15) is 12.4 Å². The monoisotopic (exact) mass is 249 g/mol. The van der Waals surface area contributed by atoms with Crippen LogP contribution < -0.4 is 10.1 Å². The molecule has 0 saturated carbocycles. The zero-order valence-corrected chi connectivity index (χ0v) is 11.2. The van der Waals surface area contributed by atoms with Crippen molar-refractivity contribution in [1.82, 2.24) is 5.32 Å². The summed E-state index contributed by atoms with van der Waals surface area (Å²) in [5.41, 5.74) is 1.24. The normalized spacial score (nSPS) is 19.7. The van der Waals surface area contributed by atoms with Gasteiger partial charge in [0.15, 0.2) is 0 Å². The lowest BCUT2D eigenvalue weighted by atomic mass is 10.0. The third-order valence-corrected chi connectivity index (χ3v) is 3.22. The molecule has 0 radical (unpaired) electrons. The van der Waals surface area contributed by atoms with Gasteiger partial charge in [-0.15, -0.1) is 0 Å². The van der Waals surface area contributed by atoms with Crippen LogP contribution in [0.25, 0.3) is 0 Å². The maximum Gasteiger partial charge on any atom is 0.119 e. The van der Waals surface area contributed by atoms with Crippen molar-refractivity contribution in [3.8, 4) is 5.75 Å². The Balaban J connectivity index is 1.55. The summed E-state index contributed by atoms with van der Waals surface area (Å²) in [6.45, 7) is 6.57. The zero-order valence-electron chi connectivity index (χ0n) is 11.2. The van der Waals surface area contributed by atoms with E-state index < -0.39 is 0 Å². The Kier molecular flexibility index (Phi) is 5.49. The number of hydrogen-bond donors (Lipinski definition) is 1. The first-order valence-corrected chi connectivity index (χ1v) is 6.82. The summed E-state index contributed by atoms with van der Waals surface area (Å²) >= 11 is 0. The first-order chi connectivity index (χ1) is 8.84. The maximum atomic E-state index is 5.68. The molecule has 100 valence electrons. The van der Waals surface area contributed by atoms with Crippen molar-refractivity contribution in [3.63, 3.8) is 0 Å². The fraction of sp³-hybridized carbons (Fsp3) is 0.600. The van der Waals surface area contributed by atoms with Crippen molar-refractivity contribution in [2.45, 2.75) is 19.8 Å². The quantitative estimate of drug-likeness (QED) is 0.785. The smallest absolute Gasteiger partial charge is 0.119 e. The van der Waals surface area contributed by atoms with Crippen LogP contribution in [0.15, 0.2) is 24.3 Å². The molecule has 1 unspecified atom stereocenters. The largest absolute Gasteiger partial charge is 0.492 e. The third-order valence-electron chi connectivity index (χ3n) is 3.22. The molecule has 0 bridgehead atoms. The molecule has 1 aromatic rings. The van der Waals surface area contributed by atoms with E-state index in [1.54, 1.807) is 0 Å². The average Bonchev–Trinajstić information content (AvgIpc) is 2.40. The van der Waals surface area contributed by atoms with Gasteiger partial charge in [0.25, 0.3) is 0 Å². The molecule has 0 aliphatic carbocycles. The standard InChI is InChI=1S/C15H23NO2/c1-13-4-2-6-15(10-13)18-9-7-16-11-14-5-3-8-17-12-14/h2,4,6,10,14,16H,3,5,7-9,11-12H2,1H3. The van der Waals surface area contributed by atoms with Crippen LogP contribution in [0, 0.1) is 12.8 Å². The van der Waals surface area contributed by atoms with E-state index in [1.165, 1.54) is 18.4 Å². The van der Waals surface area contributed by atoms with Crippen LogP contribution in [-0.2, 0) is 4.74 Å². The fourth-order valence-electron chi connectivity index (χ4n) is 2.22. The van der Waals surface area contributed by atoms with E-state index >= 15 is 0 Å². The van der Waals surface area contributed by atoms with Gasteiger partial charge in [-0.1, -0.05) is 12.1 Å². The lowest BCUT2D eigenvalue weighted by molar-refractivity contribution is 0.0546. The minimum atomic E-state index is 0.678. The summed E-state index contributed by atoms with van der Waals surface area (Å²) in [6.07, 6.45) is 2.48. The molecule has 1 aliphatic rings. The summed E-state index contributed by atoms with van der Waals surface area (Å²) < 4.78 is 11.1. The Morgan fingerprint density at radius 2 is 2.39 bits per heavy atom. The van der Waals surface area contributed by atoms with Gasteiger partial charge in [0, 0.05) is 19.7 Å². The van der Waals surface area contributed by atoms with Crippen LogP contribution in [-0.4, -0.2) is 32.9 Å². The van der Waals surface area contributed by atoms with E-state index in [4.69, 9.17) is 9.47 Å². The molecule has 1 N–H and O–H groups in total. The molecular weight excluding hydrogens is 226 g/mol. The number of nitrogens with one attached hydrogen (secondary N) is 1. The second-order valence-corrected chi connectivity index (χ2v) is 4.95. The second-order valence-electron chi connectivity index (χ2n) is 4.95. The predicted molar refractivity (Wildman–Crippen MR) is 73.1 cm³/mol. The van der Waals surface area contributed by atoms with E-state index in [1.807, 2.05) is 12.1 Å². The summed E-state index contributed by atoms with van der Waals surface area (Å²) in [5, 5.41) is 3.43. The van der Waals surface area contributed by atoms with Crippen molar-refractivity contribution in [2.24, 2.45) is 5.92 Å². The van der Waals surface area contributed by atoms with E-state index in [9.17, 15) is 0 Å². The molecule has 1 atom stereocenters. The molecule has 0 amide bonds. The summed E-state index contributed by atoms with van der Waals surface area (Å²) in [6, 6.07) is 8.17. The van der Waals surface area contributed by atoms with Gasteiger partial charge in [0.05, 0.1) is 6.61 Å². The van der Waals surface area contributed by atoms with Gasteiger partial charge in [-0.3, -0.25) is 0 Å². The lowest BCUT2D eigenvalue weighted by Gasteiger charge is -2.22. The highest BCUT2D eigenvalue weighted by molar-refractivity contribution is 5.27. The van der Waals surface area contributed by atoms with E-state index in [2.05, 4.69) is 24.4 Å². The molecule has 0 spiro atoms. The van der Waals surface area contributed by atoms with Crippen LogP contribution in [0.2, 0.25) is 0 Å². The third kappa shape index (κ3) is 4.67. The van der Waals surface area contributed by atoms with Crippen LogP contribution in [0.5, 0.6) is 5.75 Å². The lowest BCUT2D eigenvalue weighted by Crippen LogP contribution is -2.31. The molecule has 0 aromatic heterocycles. The van der Waals surface area contributed by atoms with Crippen molar-refractivity contribution in [3.05, 3.63) is 29.8 Å². The van der Waals surface area contributed by atoms with E-state index in [0.717, 1.165) is 38.7 Å². The number of rotatable bonds is 6. The number of benzene rings is 1. The van der Waals surface area contributed by atoms with Gasteiger partial charge in [-0.25, -0.2) is 0 Å². The molecule has 1 aliphatic heterocycles. The minimum Gasteiger partial charge on any atom is -0.492 e. The van der Waals surface area contributed by atoms with Gasteiger partial charge in [-0.05, 0) is 43.4 Å². The maximum absolute atomic E-state index is 5.68. The first-order valence-electron chi connectivity index (χ1n) is 6.82. The van der Waals surface area contributed by atoms with E-state index in [0.29, 0.717) is 5.92 Å². The SMILES string of the molecule is Cc1cccc(OCCNCC2CCCOC2)c1. The highest BCUT2D eigenvalue weighted by atomic mass is 16.5. The average molecular weight is 249 g/mol. The highest BCUT2D eigenvalue weighted by Gasteiger charge is 2.12. The molecule has 1 heterocycles. The molecule has 18 heavy (non-hydrogen) atoms. The van der Waals surface area contributed by atoms with Crippen molar-refractivity contribution in [2.75, 3.05) is 32.9 Å². The second kappa shape index (κ2) is 7.39. The number of hydrogen-bond acceptors (Lipinski definition) is 3. The van der Waals surface area contributed by atoms with E-state index in [-0.39, 0.29) is 0 Å². The Morgan fingerprint density at radius 3 is 3.17 bits per heavy atom. The summed E-state index contributed by atoms with van der Waals surface area (Å²) in [4.78, 5) is 0. The predicted octanol–water partition coefficient (Wildman–Crippen LogP) is 2.39. The van der Waals surface area contributed by atoms with Crippen LogP contribution >= 0.6 is 0 Å². The molecule has 3 nitrogen and oxygen atoms in total. The van der Waals surface area contributed by atoms with Gasteiger partial charge >= 0.3 is 0 Å². The van der Waals surface area contributed by atoms with Crippen molar-refractivity contribution in [1.29, 1.82) is 0 Å².